The summed E-state index contributed by atoms with van der Waals surface area (Å²) < 4.78 is 0. The Morgan fingerprint density at radius 2 is 2.21 bits per heavy atom. The van der Waals surface area contributed by atoms with Gasteiger partial charge in [-0.05, 0) is 18.6 Å². The van der Waals surface area contributed by atoms with Crippen LogP contribution >= 0.6 is 23.4 Å². The van der Waals surface area contributed by atoms with Gasteiger partial charge in [0.15, 0.2) is 0 Å². The third-order valence-corrected chi connectivity index (χ3v) is 3.52. The van der Waals surface area contributed by atoms with Crippen molar-refractivity contribution in [3.05, 3.63) is 17.4 Å². The van der Waals surface area contributed by atoms with Crippen molar-refractivity contribution in [2.75, 3.05) is 16.8 Å². The third kappa shape index (κ3) is 2.75. The molecule has 0 aromatic carbocycles. The molecule has 1 N–H and O–H groups in total. The van der Waals surface area contributed by atoms with E-state index in [-0.39, 0.29) is 0 Å². The number of rotatable bonds is 2. The Kier molecular flexibility index (Phi) is 3.48. The highest BCUT2D eigenvalue weighted by molar-refractivity contribution is 7.99. The monoisotopic (exact) mass is 229 g/mol. The Labute approximate surface area is 92.7 Å². The SMILES string of the molecule is Clc1cnc(NC2CCCSC2)nc1. The van der Waals surface area contributed by atoms with Gasteiger partial charge in [-0.2, -0.15) is 11.8 Å². The standard InChI is InChI=1S/C9H12ClN3S/c10-7-4-11-9(12-5-7)13-8-2-1-3-14-6-8/h4-5,8H,1-3,6H2,(H,11,12,13). The van der Waals surface area contributed by atoms with Gasteiger partial charge in [0, 0.05) is 11.8 Å². The number of thioether (sulfide) groups is 1. The Morgan fingerprint density at radius 1 is 1.43 bits per heavy atom. The minimum absolute atomic E-state index is 0.509. The van der Waals surface area contributed by atoms with Gasteiger partial charge in [-0.3, -0.25) is 0 Å². The normalized spacial score (nSPS) is 21.9. The van der Waals surface area contributed by atoms with E-state index >= 15 is 0 Å². The fourth-order valence-electron chi connectivity index (χ4n) is 1.42. The summed E-state index contributed by atoms with van der Waals surface area (Å²) in [5, 5.41) is 3.88. The van der Waals surface area contributed by atoms with Gasteiger partial charge in [0.1, 0.15) is 0 Å². The van der Waals surface area contributed by atoms with Gasteiger partial charge in [0.05, 0.1) is 17.4 Å². The number of anilines is 1. The van der Waals surface area contributed by atoms with E-state index in [4.69, 9.17) is 11.6 Å². The third-order valence-electron chi connectivity index (χ3n) is 2.11. The van der Waals surface area contributed by atoms with Crippen LogP contribution in [-0.2, 0) is 0 Å². The van der Waals surface area contributed by atoms with Crippen LogP contribution in [0, 0.1) is 0 Å². The van der Waals surface area contributed by atoms with E-state index in [0.29, 0.717) is 17.0 Å². The van der Waals surface area contributed by atoms with Crippen molar-refractivity contribution < 1.29 is 0 Å². The molecule has 1 aromatic heterocycles. The van der Waals surface area contributed by atoms with Gasteiger partial charge in [0.25, 0.3) is 0 Å². The van der Waals surface area contributed by atoms with Crippen molar-refractivity contribution in [1.82, 2.24) is 9.97 Å². The molecule has 1 atom stereocenters. The summed E-state index contributed by atoms with van der Waals surface area (Å²) in [6.07, 6.45) is 5.72. The second-order valence-electron chi connectivity index (χ2n) is 3.28. The van der Waals surface area contributed by atoms with Gasteiger partial charge < -0.3 is 5.32 Å². The van der Waals surface area contributed by atoms with Gasteiger partial charge in [0.2, 0.25) is 5.95 Å². The Balaban J connectivity index is 1.92. The highest BCUT2D eigenvalue weighted by Gasteiger charge is 2.13. The van der Waals surface area contributed by atoms with Crippen molar-refractivity contribution >= 4 is 29.3 Å². The van der Waals surface area contributed by atoms with Crippen LogP contribution in [-0.4, -0.2) is 27.5 Å². The second kappa shape index (κ2) is 4.84. The molecule has 0 aliphatic carbocycles. The van der Waals surface area contributed by atoms with E-state index in [1.165, 1.54) is 18.6 Å². The molecule has 0 radical (unpaired) electrons. The molecule has 1 saturated heterocycles. The molecule has 0 spiro atoms. The predicted octanol–water partition coefficient (Wildman–Crippen LogP) is 2.44. The molecule has 0 saturated carbocycles. The molecule has 0 amide bonds. The highest BCUT2D eigenvalue weighted by Crippen LogP contribution is 2.19. The lowest BCUT2D eigenvalue weighted by Crippen LogP contribution is -2.26. The molecule has 1 unspecified atom stereocenters. The molecule has 1 aliphatic heterocycles. The smallest absolute Gasteiger partial charge is 0.222 e. The summed E-state index contributed by atoms with van der Waals surface area (Å²) in [5.41, 5.74) is 0. The number of aromatic nitrogens is 2. The van der Waals surface area contributed by atoms with Crippen molar-refractivity contribution in [1.29, 1.82) is 0 Å². The lowest BCUT2D eigenvalue weighted by molar-refractivity contribution is 0.679. The number of halogens is 1. The summed E-state index contributed by atoms with van der Waals surface area (Å²) in [4.78, 5) is 8.22. The van der Waals surface area contributed by atoms with E-state index < -0.39 is 0 Å². The Bertz CT molecular complexity index is 285. The van der Waals surface area contributed by atoms with E-state index in [1.807, 2.05) is 11.8 Å². The average Bonchev–Trinajstić information content (AvgIpc) is 2.23. The molecule has 76 valence electrons. The predicted molar refractivity (Wildman–Crippen MR) is 61.0 cm³/mol. The van der Waals surface area contributed by atoms with Gasteiger partial charge in [-0.1, -0.05) is 11.6 Å². The number of nitrogens with one attached hydrogen (secondary N) is 1. The maximum atomic E-state index is 5.70. The first-order valence-corrected chi connectivity index (χ1v) is 6.20. The fourth-order valence-corrected chi connectivity index (χ4v) is 2.59. The summed E-state index contributed by atoms with van der Waals surface area (Å²) in [7, 11) is 0. The van der Waals surface area contributed by atoms with Gasteiger partial charge in [-0.15, -0.1) is 0 Å². The van der Waals surface area contributed by atoms with Crippen LogP contribution in [0.1, 0.15) is 12.8 Å². The first-order valence-electron chi connectivity index (χ1n) is 4.66. The molecule has 5 heteroatoms. The van der Waals surface area contributed by atoms with E-state index in [1.54, 1.807) is 12.4 Å². The zero-order chi connectivity index (χ0) is 9.80. The lowest BCUT2D eigenvalue weighted by Gasteiger charge is -2.22. The average molecular weight is 230 g/mol. The molecule has 0 bridgehead atoms. The molecule has 2 heterocycles. The van der Waals surface area contributed by atoms with Crippen LogP contribution < -0.4 is 5.32 Å². The minimum Gasteiger partial charge on any atom is -0.351 e. The molecule has 1 aliphatic rings. The Hall–Kier alpha value is -0.480. The van der Waals surface area contributed by atoms with E-state index in [9.17, 15) is 0 Å². The molecule has 1 aromatic rings. The van der Waals surface area contributed by atoms with Crippen LogP contribution in [0.2, 0.25) is 5.02 Å². The summed E-state index contributed by atoms with van der Waals surface area (Å²) >= 11 is 7.68. The van der Waals surface area contributed by atoms with Gasteiger partial charge >= 0.3 is 0 Å². The van der Waals surface area contributed by atoms with Crippen molar-refractivity contribution in [3.63, 3.8) is 0 Å². The quantitative estimate of drug-likeness (QED) is 0.846. The summed E-state index contributed by atoms with van der Waals surface area (Å²) in [5.74, 6) is 3.10. The maximum absolute atomic E-state index is 5.70. The minimum atomic E-state index is 0.509. The maximum Gasteiger partial charge on any atom is 0.222 e. The Morgan fingerprint density at radius 3 is 2.86 bits per heavy atom. The molecule has 2 rings (SSSR count). The van der Waals surface area contributed by atoms with Crippen molar-refractivity contribution in [2.24, 2.45) is 0 Å². The lowest BCUT2D eigenvalue weighted by atomic mass is 10.2. The van der Waals surface area contributed by atoms with Crippen LogP contribution in [0.25, 0.3) is 0 Å². The number of hydrogen-bond acceptors (Lipinski definition) is 4. The van der Waals surface area contributed by atoms with Crippen molar-refractivity contribution in [2.45, 2.75) is 18.9 Å². The second-order valence-corrected chi connectivity index (χ2v) is 4.87. The molecular formula is C9H12ClN3S. The number of nitrogens with zero attached hydrogens (tertiary/aromatic N) is 2. The molecule has 1 fully saturated rings. The molecule has 3 nitrogen and oxygen atoms in total. The zero-order valence-electron chi connectivity index (χ0n) is 7.74. The van der Waals surface area contributed by atoms with Crippen LogP contribution in [0.3, 0.4) is 0 Å². The highest BCUT2D eigenvalue weighted by atomic mass is 35.5. The number of hydrogen-bond donors (Lipinski definition) is 1. The first-order chi connectivity index (χ1) is 6.84. The van der Waals surface area contributed by atoms with Crippen LogP contribution in [0.15, 0.2) is 12.4 Å². The summed E-state index contributed by atoms with van der Waals surface area (Å²) in [6, 6.07) is 0.509. The fraction of sp³-hybridized carbons (Fsp3) is 0.556. The van der Waals surface area contributed by atoms with E-state index in [0.717, 1.165) is 5.75 Å². The molecular weight excluding hydrogens is 218 g/mol. The van der Waals surface area contributed by atoms with Crippen LogP contribution in [0.4, 0.5) is 5.95 Å². The van der Waals surface area contributed by atoms with Gasteiger partial charge in [-0.25, -0.2) is 9.97 Å². The topological polar surface area (TPSA) is 37.8 Å². The zero-order valence-corrected chi connectivity index (χ0v) is 9.31. The van der Waals surface area contributed by atoms with E-state index in [2.05, 4.69) is 15.3 Å². The van der Waals surface area contributed by atoms with Crippen molar-refractivity contribution in [3.8, 4) is 0 Å². The largest absolute Gasteiger partial charge is 0.351 e. The van der Waals surface area contributed by atoms with Crippen LogP contribution in [0.5, 0.6) is 0 Å². The molecule has 14 heavy (non-hydrogen) atoms. The summed E-state index contributed by atoms with van der Waals surface area (Å²) in [6.45, 7) is 0. The first kappa shape index (κ1) is 10.1.